The van der Waals surface area contributed by atoms with Crippen LogP contribution in [0, 0.1) is 5.92 Å². The van der Waals surface area contributed by atoms with Crippen molar-refractivity contribution in [2.24, 2.45) is 11.1 Å². The standard InChI is InChI=1S/C24H31N3O6S/c1-16(18-6-5-7-20(13-18)34(25,30)31)26(2)24(29)19-14-23(28)27(15-19)11-10-17-8-9-21(32-3)22(12-17)33-4/h5-9,12-13,16,19H,10-11,14-15H2,1-4H3,(H2,25,30,31). The van der Waals surface area contributed by atoms with E-state index < -0.39 is 15.9 Å². The molecule has 0 spiro atoms. The first-order valence-corrected chi connectivity index (χ1v) is 12.5. The molecular weight excluding hydrogens is 458 g/mol. The van der Waals surface area contributed by atoms with Crippen LogP contribution in [-0.4, -0.2) is 64.4 Å². The van der Waals surface area contributed by atoms with E-state index in [-0.39, 0.29) is 29.2 Å². The third kappa shape index (κ3) is 5.68. The molecule has 1 fully saturated rings. The molecule has 2 aromatic carbocycles. The molecule has 10 heteroatoms. The number of likely N-dealkylation sites (tertiary alicyclic amines) is 1. The van der Waals surface area contributed by atoms with Crippen molar-refractivity contribution in [3.63, 3.8) is 0 Å². The van der Waals surface area contributed by atoms with Crippen molar-refractivity contribution < 1.29 is 27.5 Å². The molecule has 184 valence electrons. The van der Waals surface area contributed by atoms with Crippen molar-refractivity contribution in [2.45, 2.75) is 30.7 Å². The maximum atomic E-state index is 13.1. The Morgan fingerprint density at radius 1 is 1.18 bits per heavy atom. The van der Waals surface area contributed by atoms with Crippen molar-refractivity contribution in [3.8, 4) is 11.5 Å². The minimum Gasteiger partial charge on any atom is -0.493 e. The fourth-order valence-electron chi connectivity index (χ4n) is 4.11. The number of benzene rings is 2. The summed E-state index contributed by atoms with van der Waals surface area (Å²) < 4.78 is 33.9. The second-order valence-corrected chi connectivity index (χ2v) is 9.98. The van der Waals surface area contributed by atoms with Gasteiger partial charge in [-0.3, -0.25) is 9.59 Å². The largest absolute Gasteiger partial charge is 0.493 e. The number of carbonyl (C=O) groups excluding carboxylic acids is 2. The lowest BCUT2D eigenvalue weighted by Crippen LogP contribution is -2.36. The highest BCUT2D eigenvalue weighted by Crippen LogP contribution is 2.29. The van der Waals surface area contributed by atoms with E-state index >= 15 is 0 Å². The van der Waals surface area contributed by atoms with Crippen LogP contribution in [0.4, 0.5) is 0 Å². The molecule has 34 heavy (non-hydrogen) atoms. The smallest absolute Gasteiger partial charge is 0.238 e. The molecule has 3 rings (SSSR count). The van der Waals surface area contributed by atoms with E-state index in [4.69, 9.17) is 14.6 Å². The molecule has 2 aromatic rings. The Morgan fingerprint density at radius 2 is 1.88 bits per heavy atom. The third-order valence-corrected chi connectivity index (χ3v) is 7.19. The number of primary sulfonamides is 1. The average molecular weight is 490 g/mol. The Labute approximate surface area is 200 Å². The fourth-order valence-corrected chi connectivity index (χ4v) is 4.68. The highest BCUT2D eigenvalue weighted by Gasteiger charge is 2.36. The number of amides is 2. The number of nitrogens with zero attached hydrogens (tertiary/aromatic N) is 2. The van der Waals surface area contributed by atoms with Crippen molar-refractivity contribution in [1.29, 1.82) is 0 Å². The van der Waals surface area contributed by atoms with Gasteiger partial charge in [-0.25, -0.2) is 13.6 Å². The van der Waals surface area contributed by atoms with Crippen LogP contribution >= 0.6 is 0 Å². The van der Waals surface area contributed by atoms with Gasteiger partial charge < -0.3 is 19.3 Å². The molecule has 0 bridgehead atoms. The van der Waals surface area contributed by atoms with E-state index in [9.17, 15) is 18.0 Å². The minimum atomic E-state index is -3.84. The van der Waals surface area contributed by atoms with Gasteiger partial charge in [0, 0.05) is 26.6 Å². The van der Waals surface area contributed by atoms with Gasteiger partial charge in [0.25, 0.3) is 0 Å². The maximum absolute atomic E-state index is 13.1. The van der Waals surface area contributed by atoms with E-state index in [1.807, 2.05) is 25.1 Å². The predicted molar refractivity (Wildman–Crippen MR) is 127 cm³/mol. The summed E-state index contributed by atoms with van der Waals surface area (Å²) in [6, 6.07) is 11.5. The summed E-state index contributed by atoms with van der Waals surface area (Å²) in [6.07, 6.45) is 0.776. The van der Waals surface area contributed by atoms with Gasteiger partial charge in [-0.2, -0.15) is 0 Å². The number of carbonyl (C=O) groups is 2. The zero-order valence-electron chi connectivity index (χ0n) is 19.9. The number of rotatable bonds is 9. The second-order valence-electron chi connectivity index (χ2n) is 8.42. The summed E-state index contributed by atoms with van der Waals surface area (Å²) >= 11 is 0. The average Bonchev–Trinajstić information content (AvgIpc) is 3.20. The molecule has 2 unspecified atom stereocenters. The van der Waals surface area contributed by atoms with Gasteiger partial charge in [0.2, 0.25) is 21.8 Å². The van der Waals surface area contributed by atoms with Crippen LogP contribution in [0.25, 0.3) is 0 Å². The zero-order valence-corrected chi connectivity index (χ0v) is 20.7. The lowest BCUT2D eigenvalue weighted by Gasteiger charge is -2.28. The van der Waals surface area contributed by atoms with Crippen LogP contribution in [0.15, 0.2) is 47.4 Å². The number of methoxy groups -OCH3 is 2. The summed E-state index contributed by atoms with van der Waals surface area (Å²) in [7, 11) is 0.967. The Morgan fingerprint density at radius 3 is 2.53 bits per heavy atom. The van der Waals surface area contributed by atoms with Crippen LogP contribution in [0.3, 0.4) is 0 Å². The molecule has 2 atom stereocenters. The van der Waals surface area contributed by atoms with Crippen molar-refractivity contribution in [1.82, 2.24) is 9.80 Å². The number of sulfonamides is 1. The van der Waals surface area contributed by atoms with E-state index in [2.05, 4.69) is 0 Å². The van der Waals surface area contributed by atoms with E-state index in [1.54, 1.807) is 43.2 Å². The molecule has 2 N–H and O–H groups in total. The predicted octanol–water partition coefficient (Wildman–Crippen LogP) is 1.96. The molecule has 1 heterocycles. The van der Waals surface area contributed by atoms with Crippen molar-refractivity contribution >= 4 is 21.8 Å². The number of hydrogen-bond donors (Lipinski definition) is 1. The van der Waals surface area contributed by atoms with Crippen molar-refractivity contribution in [3.05, 3.63) is 53.6 Å². The lowest BCUT2D eigenvalue weighted by molar-refractivity contribution is -0.136. The summed E-state index contributed by atoms with van der Waals surface area (Å²) in [5.74, 6) is 0.599. The SMILES string of the molecule is COc1ccc(CCN2CC(C(=O)N(C)C(C)c3cccc(S(N)(=O)=O)c3)CC2=O)cc1OC. The van der Waals surface area contributed by atoms with Crippen LogP contribution in [0.5, 0.6) is 11.5 Å². The Balaban J connectivity index is 1.63. The molecule has 2 amide bonds. The van der Waals surface area contributed by atoms with Crippen LogP contribution in [0.2, 0.25) is 0 Å². The zero-order chi connectivity index (χ0) is 25.0. The van der Waals surface area contributed by atoms with E-state index in [0.717, 1.165) is 5.56 Å². The topological polar surface area (TPSA) is 119 Å². The first-order valence-electron chi connectivity index (χ1n) is 10.9. The van der Waals surface area contributed by atoms with E-state index in [0.29, 0.717) is 36.6 Å². The minimum absolute atomic E-state index is 0.00455. The Hall–Kier alpha value is -3.11. The van der Waals surface area contributed by atoms with Crippen molar-refractivity contribution in [2.75, 3.05) is 34.4 Å². The maximum Gasteiger partial charge on any atom is 0.238 e. The van der Waals surface area contributed by atoms with Crippen LogP contribution < -0.4 is 14.6 Å². The highest BCUT2D eigenvalue weighted by molar-refractivity contribution is 7.89. The van der Waals surface area contributed by atoms with Crippen LogP contribution in [0.1, 0.15) is 30.5 Å². The molecule has 9 nitrogen and oxygen atoms in total. The third-order valence-electron chi connectivity index (χ3n) is 6.28. The summed E-state index contributed by atoms with van der Waals surface area (Å²) in [5.41, 5.74) is 1.65. The van der Waals surface area contributed by atoms with Gasteiger partial charge in [0.05, 0.1) is 31.1 Å². The van der Waals surface area contributed by atoms with Gasteiger partial charge in [0.1, 0.15) is 0 Å². The van der Waals surface area contributed by atoms with Gasteiger partial charge in [-0.1, -0.05) is 18.2 Å². The second kappa shape index (κ2) is 10.4. The molecule has 1 saturated heterocycles. The summed E-state index contributed by atoms with van der Waals surface area (Å²) in [6.45, 7) is 2.65. The lowest BCUT2D eigenvalue weighted by atomic mass is 10.0. The molecule has 0 aromatic heterocycles. The van der Waals surface area contributed by atoms with Gasteiger partial charge in [-0.05, 0) is 48.7 Å². The normalized spacial score (nSPS) is 16.9. The van der Waals surface area contributed by atoms with E-state index in [1.165, 1.54) is 12.1 Å². The quantitative estimate of drug-likeness (QED) is 0.575. The number of nitrogens with two attached hydrogens (primary N) is 1. The monoisotopic (exact) mass is 489 g/mol. The first-order chi connectivity index (χ1) is 16.0. The Bertz CT molecular complexity index is 1170. The molecule has 1 aliphatic rings. The molecule has 0 saturated carbocycles. The first kappa shape index (κ1) is 25.5. The Kier molecular flexibility index (Phi) is 7.83. The number of ether oxygens (including phenoxy) is 2. The molecule has 0 radical (unpaired) electrons. The molecule has 0 aliphatic carbocycles. The fraction of sp³-hybridized carbons (Fsp3) is 0.417. The summed E-state index contributed by atoms with van der Waals surface area (Å²) in [5, 5.41) is 5.23. The highest BCUT2D eigenvalue weighted by atomic mass is 32.2. The molecule has 1 aliphatic heterocycles. The van der Waals surface area contributed by atoms with Gasteiger partial charge >= 0.3 is 0 Å². The van der Waals surface area contributed by atoms with Gasteiger partial charge in [-0.15, -0.1) is 0 Å². The number of hydrogen-bond acceptors (Lipinski definition) is 6. The van der Waals surface area contributed by atoms with Crippen LogP contribution in [-0.2, 0) is 26.0 Å². The molecular formula is C24H31N3O6S. The summed E-state index contributed by atoms with van der Waals surface area (Å²) in [4.78, 5) is 29.0. The van der Waals surface area contributed by atoms with Gasteiger partial charge in [0.15, 0.2) is 11.5 Å².